The maximum atomic E-state index is 12.0. The summed E-state index contributed by atoms with van der Waals surface area (Å²) in [7, 11) is 4.83. The molecule has 1 aromatic carbocycles. The highest BCUT2D eigenvalue weighted by atomic mass is 16.5. The Labute approximate surface area is 146 Å². The van der Waals surface area contributed by atoms with Crippen LogP contribution in [0.5, 0.6) is 11.9 Å². The van der Waals surface area contributed by atoms with E-state index in [1.807, 2.05) is 42.3 Å². The molecule has 1 fully saturated rings. The van der Waals surface area contributed by atoms with Crippen LogP contribution in [0, 0.1) is 5.41 Å². The Morgan fingerprint density at radius 2 is 1.92 bits per heavy atom. The van der Waals surface area contributed by atoms with Gasteiger partial charge < -0.3 is 19.5 Å². The molecular formula is C18H21N3O4. The number of nitrogens with zero attached hydrogens (tertiary/aromatic N) is 3. The average Bonchev–Trinajstić information content (AvgIpc) is 3.30. The molecule has 25 heavy (non-hydrogen) atoms. The minimum atomic E-state index is -0.923. The number of hydrogen-bond acceptors (Lipinski definition) is 6. The number of ether oxygens (including phenoxy) is 2. The van der Waals surface area contributed by atoms with Crippen LogP contribution in [0.25, 0.3) is 0 Å². The molecule has 3 rings (SSSR count). The lowest BCUT2D eigenvalue weighted by atomic mass is 9.93. The quantitative estimate of drug-likeness (QED) is 0.861. The third-order valence-corrected chi connectivity index (χ3v) is 5.14. The normalized spacial score (nSPS) is 24.5. The Kier molecular flexibility index (Phi) is 4.02. The molecule has 2 atom stereocenters. The number of anilines is 1. The van der Waals surface area contributed by atoms with Crippen LogP contribution < -0.4 is 14.4 Å². The van der Waals surface area contributed by atoms with Gasteiger partial charge in [-0.25, -0.2) is 4.98 Å². The molecule has 1 heterocycles. The lowest BCUT2D eigenvalue weighted by Crippen LogP contribution is -2.39. The Bertz CT molecular complexity index is 798. The van der Waals surface area contributed by atoms with E-state index in [2.05, 4.69) is 9.97 Å². The van der Waals surface area contributed by atoms with Crippen molar-refractivity contribution >= 4 is 11.7 Å². The third kappa shape index (κ3) is 2.38. The Balaban J connectivity index is 2.12. The van der Waals surface area contributed by atoms with Crippen LogP contribution in [-0.2, 0) is 10.3 Å². The fourth-order valence-electron chi connectivity index (χ4n) is 3.57. The molecule has 7 heteroatoms. The number of carboxylic acids is 1. The van der Waals surface area contributed by atoms with Crippen LogP contribution in [0.2, 0.25) is 0 Å². The van der Waals surface area contributed by atoms with Gasteiger partial charge in [-0.3, -0.25) is 4.79 Å². The smallest absolute Gasteiger partial charge is 0.319 e. The number of hydrogen-bond donors (Lipinski definition) is 1. The molecule has 0 radical (unpaired) electrons. The lowest BCUT2D eigenvalue weighted by molar-refractivity contribution is -0.143. The van der Waals surface area contributed by atoms with Gasteiger partial charge >= 0.3 is 12.0 Å². The van der Waals surface area contributed by atoms with Gasteiger partial charge in [-0.15, -0.1) is 0 Å². The number of aliphatic carboxylic acids is 1. The monoisotopic (exact) mass is 343 g/mol. The molecule has 1 aromatic heterocycles. The standard InChI is InChI=1S/C18H21N3O4/c1-17(15(22)23)11-18(17,12-8-6-5-7-9-12)21(2)13-10-19-16(25-4)20-14(13)24-3/h5-10H,11H2,1-4H3,(H,22,23)/t17-,18-/m0/s1. The molecule has 1 N–H and O–H groups in total. The summed E-state index contributed by atoms with van der Waals surface area (Å²) >= 11 is 0. The van der Waals surface area contributed by atoms with E-state index in [1.54, 1.807) is 13.1 Å². The fraction of sp³-hybridized carbons (Fsp3) is 0.389. The molecule has 1 aliphatic carbocycles. The van der Waals surface area contributed by atoms with Crippen molar-refractivity contribution in [3.63, 3.8) is 0 Å². The molecule has 1 saturated carbocycles. The molecule has 0 unspecified atom stereocenters. The van der Waals surface area contributed by atoms with Gasteiger partial charge in [-0.05, 0) is 18.9 Å². The second-order valence-corrected chi connectivity index (χ2v) is 6.35. The van der Waals surface area contributed by atoms with Gasteiger partial charge in [0.25, 0.3) is 0 Å². The summed E-state index contributed by atoms with van der Waals surface area (Å²) in [6.07, 6.45) is 2.07. The molecule has 1 aliphatic rings. The maximum absolute atomic E-state index is 12.0. The highest BCUT2D eigenvalue weighted by Crippen LogP contribution is 2.67. The van der Waals surface area contributed by atoms with Gasteiger partial charge in [0, 0.05) is 7.05 Å². The van der Waals surface area contributed by atoms with Crippen molar-refractivity contribution in [3.05, 3.63) is 42.1 Å². The zero-order chi connectivity index (χ0) is 18.2. The number of methoxy groups -OCH3 is 2. The molecule has 2 aromatic rings. The van der Waals surface area contributed by atoms with Crippen LogP contribution >= 0.6 is 0 Å². The molecule has 0 saturated heterocycles. The first-order chi connectivity index (χ1) is 11.9. The Hall–Kier alpha value is -2.83. The first-order valence-electron chi connectivity index (χ1n) is 7.88. The van der Waals surface area contributed by atoms with E-state index < -0.39 is 16.9 Å². The summed E-state index contributed by atoms with van der Waals surface area (Å²) in [5, 5.41) is 9.80. The van der Waals surface area contributed by atoms with Gasteiger partial charge in [-0.2, -0.15) is 4.98 Å². The van der Waals surface area contributed by atoms with E-state index in [0.717, 1.165) is 5.56 Å². The number of benzene rings is 1. The first-order valence-corrected chi connectivity index (χ1v) is 7.88. The van der Waals surface area contributed by atoms with Gasteiger partial charge in [0.2, 0.25) is 5.88 Å². The van der Waals surface area contributed by atoms with Gasteiger partial charge in [0.05, 0.1) is 31.4 Å². The predicted molar refractivity (Wildman–Crippen MR) is 92.0 cm³/mol. The summed E-state index contributed by atoms with van der Waals surface area (Å²) in [6, 6.07) is 9.82. The Morgan fingerprint density at radius 3 is 2.44 bits per heavy atom. The summed E-state index contributed by atoms with van der Waals surface area (Å²) in [5.74, 6) is -0.499. The highest BCUT2D eigenvalue weighted by Gasteiger charge is 2.72. The van der Waals surface area contributed by atoms with E-state index in [9.17, 15) is 9.90 Å². The highest BCUT2D eigenvalue weighted by molar-refractivity contribution is 5.84. The maximum Gasteiger partial charge on any atom is 0.319 e. The summed E-state index contributed by atoms with van der Waals surface area (Å²) in [6.45, 7) is 1.76. The van der Waals surface area contributed by atoms with Crippen LogP contribution in [0.1, 0.15) is 18.9 Å². The molecular weight excluding hydrogens is 322 g/mol. The van der Waals surface area contributed by atoms with Crippen molar-refractivity contribution in [2.45, 2.75) is 18.9 Å². The molecule has 7 nitrogen and oxygen atoms in total. The van der Waals surface area contributed by atoms with E-state index in [0.29, 0.717) is 18.0 Å². The van der Waals surface area contributed by atoms with Crippen molar-refractivity contribution in [2.75, 3.05) is 26.2 Å². The molecule has 0 aliphatic heterocycles. The van der Waals surface area contributed by atoms with E-state index in [-0.39, 0.29) is 6.01 Å². The van der Waals surface area contributed by atoms with E-state index in [1.165, 1.54) is 14.2 Å². The summed E-state index contributed by atoms with van der Waals surface area (Å²) < 4.78 is 10.4. The molecule has 0 spiro atoms. The lowest BCUT2D eigenvalue weighted by Gasteiger charge is -2.34. The van der Waals surface area contributed by atoms with Gasteiger partial charge in [-0.1, -0.05) is 30.3 Å². The minimum Gasteiger partial charge on any atom is -0.481 e. The third-order valence-electron chi connectivity index (χ3n) is 5.14. The van der Waals surface area contributed by atoms with E-state index >= 15 is 0 Å². The minimum absolute atomic E-state index is 0.194. The summed E-state index contributed by atoms with van der Waals surface area (Å²) in [5.41, 5.74) is -0.0864. The number of rotatable bonds is 6. The van der Waals surface area contributed by atoms with Crippen LogP contribution in [-0.4, -0.2) is 42.3 Å². The van der Waals surface area contributed by atoms with E-state index in [4.69, 9.17) is 9.47 Å². The number of aromatic nitrogens is 2. The van der Waals surface area contributed by atoms with Crippen LogP contribution in [0.3, 0.4) is 0 Å². The fourth-order valence-corrected chi connectivity index (χ4v) is 3.57. The van der Waals surface area contributed by atoms with Crippen molar-refractivity contribution < 1.29 is 19.4 Å². The SMILES string of the molecule is COc1ncc(N(C)[C@]2(c3ccccc3)C[C@@]2(C)C(=O)O)c(OC)n1. The van der Waals surface area contributed by atoms with Gasteiger partial charge in [0.1, 0.15) is 5.69 Å². The number of carboxylic acid groups (broad SMARTS) is 1. The van der Waals surface area contributed by atoms with Crippen molar-refractivity contribution in [1.29, 1.82) is 0 Å². The second-order valence-electron chi connectivity index (χ2n) is 6.35. The zero-order valence-corrected chi connectivity index (χ0v) is 14.7. The zero-order valence-electron chi connectivity index (χ0n) is 14.7. The van der Waals surface area contributed by atoms with Crippen molar-refractivity contribution in [3.8, 4) is 11.9 Å². The van der Waals surface area contributed by atoms with Crippen LogP contribution in [0.15, 0.2) is 36.5 Å². The second kappa shape index (κ2) is 5.91. The summed E-state index contributed by atoms with van der Waals surface area (Å²) in [4.78, 5) is 22.2. The average molecular weight is 343 g/mol. The molecule has 132 valence electrons. The van der Waals surface area contributed by atoms with Gasteiger partial charge in [0.15, 0.2) is 0 Å². The predicted octanol–water partition coefficient (Wildman–Crippen LogP) is 2.32. The van der Waals surface area contributed by atoms with Crippen molar-refractivity contribution in [1.82, 2.24) is 9.97 Å². The Morgan fingerprint density at radius 1 is 1.24 bits per heavy atom. The van der Waals surface area contributed by atoms with Crippen molar-refractivity contribution in [2.24, 2.45) is 5.41 Å². The first kappa shape index (κ1) is 17.0. The molecule has 0 amide bonds. The molecule has 0 bridgehead atoms. The van der Waals surface area contributed by atoms with Crippen LogP contribution in [0.4, 0.5) is 5.69 Å². The largest absolute Gasteiger partial charge is 0.481 e. The number of carbonyl (C=O) groups is 1. The topological polar surface area (TPSA) is 84.8 Å².